The molecule has 1 saturated heterocycles. The molecule has 1 unspecified atom stereocenters. The Kier molecular flexibility index (Phi) is 6.91. The average Bonchev–Trinajstić information content (AvgIpc) is 2.85. The summed E-state index contributed by atoms with van der Waals surface area (Å²) in [5.41, 5.74) is 3.96. The molecule has 2 heterocycles. The first-order valence-corrected chi connectivity index (χ1v) is 12.6. The van der Waals surface area contributed by atoms with Crippen molar-refractivity contribution in [1.82, 2.24) is 14.6 Å². The Morgan fingerprint density at radius 2 is 1.58 bits per heavy atom. The van der Waals surface area contributed by atoms with Crippen LogP contribution in [0.4, 0.5) is 0 Å². The fraction of sp³-hybridized carbons (Fsp3) is 0.308. The molecule has 1 fully saturated rings. The van der Waals surface area contributed by atoms with Crippen molar-refractivity contribution in [1.29, 1.82) is 0 Å². The highest BCUT2D eigenvalue weighted by molar-refractivity contribution is 7.89. The van der Waals surface area contributed by atoms with Crippen LogP contribution in [0.25, 0.3) is 0 Å². The van der Waals surface area contributed by atoms with Crippen molar-refractivity contribution in [2.45, 2.75) is 37.6 Å². The van der Waals surface area contributed by atoms with Crippen LogP contribution in [0.2, 0.25) is 0 Å². The van der Waals surface area contributed by atoms with Gasteiger partial charge in [-0.15, -0.1) is 0 Å². The van der Waals surface area contributed by atoms with Crippen LogP contribution in [-0.2, 0) is 14.8 Å². The highest BCUT2D eigenvalue weighted by Crippen LogP contribution is 2.27. The number of benzene rings is 2. The fourth-order valence-corrected chi connectivity index (χ4v) is 5.76. The smallest absolute Gasteiger partial charge is 0.243 e. The SMILES string of the molecule is Cc1ccc(S(=O)(=O)N2CCC(C(=O)NC(c3ccccc3)c3ccncc3)CC2)cc1C. The summed E-state index contributed by atoms with van der Waals surface area (Å²) in [5.74, 6) is -0.284. The standard InChI is InChI=1S/C26H29N3O3S/c1-19-8-9-24(18-20(19)2)33(31,32)29-16-12-23(13-17-29)26(30)28-25(21-6-4-3-5-7-21)22-10-14-27-15-11-22/h3-11,14-15,18,23,25H,12-13,16-17H2,1-2H3,(H,28,30). The van der Waals surface area contributed by atoms with Crippen LogP contribution in [0.5, 0.6) is 0 Å². The molecule has 1 aliphatic rings. The van der Waals surface area contributed by atoms with E-state index in [1.807, 2.05) is 62.4 Å². The second-order valence-corrected chi connectivity index (χ2v) is 10.5. The first-order chi connectivity index (χ1) is 15.9. The third kappa shape index (κ3) is 5.15. The number of sulfonamides is 1. The van der Waals surface area contributed by atoms with E-state index in [9.17, 15) is 13.2 Å². The molecule has 1 N–H and O–H groups in total. The second kappa shape index (κ2) is 9.85. The summed E-state index contributed by atoms with van der Waals surface area (Å²) < 4.78 is 27.7. The molecular formula is C26H29N3O3S. The third-order valence-corrected chi connectivity index (χ3v) is 8.29. The van der Waals surface area contributed by atoms with E-state index in [0.29, 0.717) is 30.8 Å². The first-order valence-electron chi connectivity index (χ1n) is 11.2. The maximum absolute atomic E-state index is 13.2. The van der Waals surface area contributed by atoms with E-state index >= 15 is 0 Å². The lowest BCUT2D eigenvalue weighted by Crippen LogP contribution is -2.43. The number of aryl methyl sites for hydroxylation is 2. The number of amides is 1. The van der Waals surface area contributed by atoms with Crippen LogP contribution in [0.15, 0.2) is 78.0 Å². The molecule has 0 saturated carbocycles. The van der Waals surface area contributed by atoms with Crippen LogP contribution in [0.3, 0.4) is 0 Å². The number of piperidine rings is 1. The van der Waals surface area contributed by atoms with Gasteiger partial charge in [-0.05, 0) is 73.2 Å². The van der Waals surface area contributed by atoms with Gasteiger partial charge in [0.25, 0.3) is 0 Å². The van der Waals surface area contributed by atoms with Crippen LogP contribution < -0.4 is 5.32 Å². The average molecular weight is 464 g/mol. The van der Waals surface area contributed by atoms with Gasteiger partial charge >= 0.3 is 0 Å². The minimum atomic E-state index is -3.56. The largest absolute Gasteiger partial charge is 0.345 e. The van der Waals surface area contributed by atoms with E-state index in [4.69, 9.17) is 0 Å². The number of carbonyl (C=O) groups excluding carboxylic acids is 1. The van der Waals surface area contributed by atoms with Crippen molar-refractivity contribution >= 4 is 15.9 Å². The molecule has 2 aromatic carbocycles. The summed E-state index contributed by atoms with van der Waals surface area (Å²) >= 11 is 0. The van der Waals surface area contributed by atoms with Crippen molar-refractivity contribution in [2.24, 2.45) is 5.92 Å². The molecule has 1 atom stereocenters. The number of pyridine rings is 1. The molecule has 0 radical (unpaired) electrons. The minimum absolute atomic E-state index is 0.0520. The van der Waals surface area contributed by atoms with Gasteiger partial charge in [-0.3, -0.25) is 9.78 Å². The molecule has 1 aromatic heterocycles. The maximum atomic E-state index is 13.2. The molecule has 172 valence electrons. The molecule has 0 spiro atoms. The topological polar surface area (TPSA) is 79.4 Å². The van der Waals surface area contributed by atoms with Crippen molar-refractivity contribution in [3.05, 3.63) is 95.3 Å². The Morgan fingerprint density at radius 3 is 2.21 bits per heavy atom. The quantitative estimate of drug-likeness (QED) is 0.599. The van der Waals surface area contributed by atoms with Gasteiger partial charge in [0.1, 0.15) is 0 Å². The lowest BCUT2D eigenvalue weighted by Gasteiger charge is -2.31. The Labute approximate surface area is 195 Å². The van der Waals surface area contributed by atoms with Crippen LogP contribution in [0, 0.1) is 19.8 Å². The third-order valence-electron chi connectivity index (χ3n) is 6.40. The zero-order valence-corrected chi connectivity index (χ0v) is 19.8. The number of nitrogens with one attached hydrogen (secondary N) is 1. The van der Waals surface area contributed by atoms with Gasteiger partial charge in [-0.1, -0.05) is 36.4 Å². The van der Waals surface area contributed by atoms with E-state index in [1.165, 1.54) is 4.31 Å². The summed E-state index contributed by atoms with van der Waals surface area (Å²) in [5, 5.41) is 3.18. The van der Waals surface area contributed by atoms with Crippen molar-refractivity contribution < 1.29 is 13.2 Å². The highest BCUT2D eigenvalue weighted by Gasteiger charge is 2.33. The molecular weight excluding hydrogens is 434 g/mol. The van der Waals surface area contributed by atoms with Gasteiger partial charge in [0.15, 0.2) is 0 Å². The van der Waals surface area contributed by atoms with Gasteiger partial charge in [0.2, 0.25) is 15.9 Å². The zero-order chi connectivity index (χ0) is 23.4. The number of rotatable bonds is 6. The second-order valence-electron chi connectivity index (χ2n) is 8.56. The molecule has 1 aliphatic heterocycles. The van der Waals surface area contributed by atoms with Gasteiger partial charge in [0, 0.05) is 31.4 Å². The Hall–Kier alpha value is -3.03. The van der Waals surface area contributed by atoms with Gasteiger partial charge in [0.05, 0.1) is 10.9 Å². The first kappa shape index (κ1) is 23.1. The number of carbonyl (C=O) groups is 1. The van der Waals surface area contributed by atoms with Gasteiger partial charge < -0.3 is 5.32 Å². The van der Waals surface area contributed by atoms with Crippen LogP contribution in [0.1, 0.15) is 41.1 Å². The highest BCUT2D eigenvalue weighted by atomic mass is 32.2. The Morgan fingerprint density at radius 1 is 0.939 bits per heavy atom. The molecule has 33 heavy (non-hydrogen) atoms. The predicted octanol–water partition coefficient (Wildman–Crippen LogP) is 4.00. The predicted molar refractivity (Wildman–Crippen MR) is 128 cm³/mol. The van der Waals surface area contributed by atoms with Crippen LogP contribution >= 0.6 is 0 Å². The normalized spacial score (nSPS) is 16.3. The summed E-state index contributed by atoms with van der Waals surface area (Å²) in [6.07, 6.45) is 4.42. The van der Waals surface area contributed by atoms with Gasteiger partial charge in [-0.2, -0.15) is 4.31 Å². The number of hydrogen-bond acceptors (Lipinski definition) is 4. The summed E-state index contributed by atoms with van der Waals surface area (Å²) in [7, 11) is -3.56. The van der Waals surface area contributed by atoms with E-state index in [-0.39, 0.29) is 17.9 Å². The molecule has 3 aromatic rings. The Bertz CT molecular complexity index is 1170. The summed E-state index contributed by atoms with van der Waals surface area (Å²) in [6, 6.07) is 18.6. The number of aromatic nitrogens is 1. The summed E-state index contributed by atoms with van der Waals surface area (Å²) in [4.78, 5) is 17.6. The molecule has 1 amide bonds. The zero-order valence-electron chi connectivity index (χ0n) is 18.9. The molecule has 7 heteroatoms. The number of nitrogens with zero attached hydrogens (tertiary/aromatic N) is 2. The van der Waals surface area contributed by atoms with Crippen molar-refractivity contribution in [3.63, 3.8) is 0 Å². The lowest BCUT2D eigenvalue weighted by atomic mass is 9.94. The Balaban J connectivity index is 1.45. The lowest BCUT2D eigenvalue weighted by molar-refractivity contribution is -0.126. The van der Waals surface area contributed by atoms with E-state index in [2.05, 4.69) is 10.3 Å². The van der Waals surface area contributed by atoms with E-state index < -0.39 is 10.0 Å². The van der Waals surface area contributed by atoms with Gasteiger partial charge in [-0.25, -0.2) is 8.42 Å². The van der Waals surface area contributed by atoms with E-state index in [1.54, 1.807) is 24.5 Å². The number of hydrogen-bond donors (Lipinski definition) is 1. The molecule has 6 nitrogen and oxygen atoms in total. The minimum Gasteiger partial charge on any atom is -0.345 e. The van der Waals surface area contributed by atoms with E-state index in [0.717, 1.165) is 22.3 Å². The monoisotopic (exact) mass is 463 g/mol. The molecule has 0 bridgehead atoms. The van der Waals surface area contributed by atoms with Crippen molar-refractivity contribution in [2.75, 3.05) is 13.1 Å². The molecule has 4 rings (SSSR count). The van der Waals surface area contributed by atoms with Crippen LogP contribution in [-0.4, -0.2) is 36.7 Å². The maximum Gasteiger partial charge on any atom is 0.243 e. The fourth-order valence-electron chi connectivity index (χ4n) is 4.20. The summed E-state index contributed by atoms with van der Waals surface area (Å²) in [6.45, 7) is 4.54. The van der Waals surface area contributed by atoms with Crippen molar-refractivity contribution in [3.8, 4) is 0 Å². The molecule has 0 aliphatic carbocycles.